The number of nitrogens with zero attached hydrogens (tertiary/aromatic N) is 4. The Kier molecular flexibility index (Phi) is 12.5. The Hall–Kier alpha value is -5.14. The van der Waals surface area contributed by atoms with Gasteiger partial charge in [0.1, 0.15) is 30.1 Å². The zero-order valence-corrected chi connectivity index (χ0v) is 33.2. The third kappa shape index (κ3) is 8.79. The summed E-state index contributed by atoms with van der Waals surface area (Å²) >= 11 is 0. The van der Waals surface area contributed by atoms with Crippen molar-refractivity contribution in [3.05, 3.63) is 72.3 Å². The molecule has 298 valence electrons. The quantitative estimate of drug-likeness (QED) is 0.168. The van der Waals surface area contributed by atoms with Crippen molar-refractivity contribution in [3.63, 3.8) is 0 Å². The van der Waals surface area contributed by atoms with E-state index >= 15 is 0 Å². The molecule has 13 heteroatoms. The molecule has 2 aromatic carbocycles. The molecule has 5 N–H and O–H groups in total. The number of rotatable bonds is 13. The zero-order chi connectivity index (χ0) is 40.3. The number of likely N-dealkylation sites (tertiary alicyclic amines) is 2. The Labute approximate surface area is 328 Å². The van der Waals surface area contributed by atoms with E-state index in [1.54, 1.807) is 52.6 Å². The molecule has 3 aromatic rings. The Balaban J connectivity index is 1.04. The second kappa shape index (κ2) is 17.3. The lowest BCUT2D eigenvalue weighted by Crippen LogP contribution is -2.52. The maximum Gasteiger partial charge on any atom is 0.249 e. The van der Waals surface area contributed by atoms with Crippen LogP contribution in [0.3, 0.4) is 0 Å². The van der Waals surface area contributed by atoms with Crippen LogP contribution in [-0.4, -0.2) is 103 Å². The monoisotopic (exact) mass is 765 g/mol. The van der Waals surface area contributed by atoms with Gasteiger partial charge < -0.3 is 35.6 Å². The number of H-pyrrole nitrogens is 1. The van der Waals surface area contributed by atoms with Gasteiger partial charge in [0.15, 0.2) is 0 Å². The maximum atomic E-state index is 13.4. The second-order valence-corrected chi connectivity index (χ2v) is 16.0. The molecule has 56 heavy (non-hydrogen) atoms. The molecule has 6 rings (SSSR count). The van der Waals surface area contributed by atoms with Crippen molar-refractivity contribution in [2.24, 2.45) is 16.8 Å². The van der Waals surface area contributed by atoms with E-state index in [1.165, 1.54) is 0 Å². The number of aliphatic hydroxyl groups excluding tert-OH is 2. The van der Waals surface area contributed by atoms with Gasteiger partial charge in [0.25, 0.3) is 0 Å². The van der Waals surface area contributed by atoms with Crippen molar-refractivity contribution in [1.82, 2.24) is 30.4 Å². The van der Waals surface area contributed by atoms with Crippen molar-refractivity contribution in [3.8, 4) is 22.4 Å². The molecule has 4 amide bonds. The van der Waals surface area contributed by atoms with Gasteiger partial charge >= 0.3 is 0 Å². The van der Waals surface area contributed by atoms with E-state index in [-0.39, 0.29) is 35.7 Å². The molecule has 0 unspecified atom stereocenters. The molecule has 0 spiro atoms. The number of hydrogen-bond donors (Lipinski definition) is 5. The topological polar surface area (TPSA) is 180 Å². The van der Waals surface area contributed by atoms with Crippen LogP contribution in [0.25, 0.3) is 28.0 Å². The van der Waals surface area contributed by atoms with Crippen molar-refractivity contribution < 1.29 is 29.4 Å². The number of carbonyl (C=O) groups is 4. The minimum atomic E-state index is -1.17. The molecule has 3 aliphatic rings. The Morgan fingerprint density at radius 2 is 1.16 bits per heavy atom. The average Bonchev–Trinajstić information content (AvgIpc) is 4.03. The predicted molar refractivity (Wildman–Crippen MR) is 215 cm³/mol. The van der Waals surface area contributed by atoms with Crippen molar-refractivity contribution in [2.45, 2.75) is 110 Å². The Morgan fingerprint density at radius 1 is 0.696 bits per heavy atom. The van der Waals surface area contributed by atoms with Crippen molar-refractivity contribution in [1.29, 1.82) is 0 Å². The summed E-state index contributed by atoms with van der Waals surface area (Å²) in [7, 11) is 0. The third-order valence-corrected chi connectivity index (χ3v) is 11.2. The second-order valence-electron chi connectivity index (χ2n) is 16.0. The molecule has 1 aromatic heterocycles. The van der Waals surface area contributed by atoms with Crippen molar-refractivity contribution in [2.75, 3.05) is 13.1 Å². The summed E-state index contributed by atoms with van der Waals surface area (Å²) in [4.78, 5) is 67.8. The number of nitrogens with one attached hydrogen (secondary N) is 3. The molecular weight excluding hydrogens is 711 g/mol. The summed E-state index contributed by atoms with van der Waals surface area (Å²) in [5.41, 5.74) is 7.04. The molecule has 3 aliphatic heterocycles. The number of aliphatic hydroxyl groups is 2. The predicted octanol–water partition coefficient (Wildman–Crippen LogP) is 4.63. The van der Waals surface area contributed by atoms with Gasteiger partial charge in [0.2, 0.25) is 23.6 Å². The molecule has 4 heterocycles. The molecule has 0 bridgehead atoms. The summed E-state index contributed by atoms with van der Waals surface area (Å²) in [6.07, 6.45) is 5.26. The van der Waals surface area contributed by atoms with Crippen molar-refractivity contribution >= 4 is 34.9 Å². The number of aromatic nitrogens is 2. The van der Waals surface area contributed by atoms with E-state index in [0.717, 1.165) is 64.9 Å². The van der Waals surface area contributed by atoms with E-state index < -0.39 is 36.1 Å². The molecule has 2 saturated heterocycles. The van der Waals surface area contributed by atoms with Gasteiger partial charge in [0.05, 0.1) is 24.0 Å². The van der Waals surface area contributed by atoms with Gasteiger partial charge in [-0.15, -0.1) is 0 Å². The highest BCUT2D eigenvalue weighted by atomic mass is 16.3. The van der Waals surface area contributed by atoms with E-state index in [2.05, 4.69) is 57.0 Å². The van der Waals surface area contributed by atoms with Gasteiger partial charge in [-0.2, -0.15) is 0 Å². The molecule has 13 nitrogen and oxygen atoms in total. The Bertz CT molecular complexity index is 1970. The highest BCUT2D eigenvalue weighted by Crippen LogP contribution is 2.34. The maximum absolute atomic E-state index is 13.4. The fraction of sp³-hybridized carbons (Fsp3) is 0.488. The first kappa shape index (κ1) is 40.5. The van der Waals surface area contributed by atoms with Gasteiger partial charge in [-0.1, -0.05) is 76.2 Å². The molecule has 6 atom stereocenters. The first-order valence-electron chi connectivity index (χ1n) is 19.8. The summed E-state index contributed by atoms with van der Waals surface area (Å²) in [6, 6.07) is 14.7. The Morgan fingerprint density at radius 3 is 1.68 bits per heavy atom. The lowest BCUT2D eigenvalue weighted by Gasteiger charge is -2.29. The van der Waals surface area contributed by atoms with Crippen LogP contribution in [0, 0.1) is 11.8 Å². The SMILES string of the molecule is CC(C)[C@@H](O)C(=O)N[C@@H](C)C(=O)N1CCC[C@H]1C1=NC=C(c2ccc(-c3ccc(-c4cnc([C@@H]5CCCN5C(=O)[C@H](C)NC(=O)[C@H](O)C(C)C)[nH]4)cc3)cc2)C1. The van der Waals surface area contributed by atoms with Crippen LogP contribution < -0.4 is 10.6 Å². The van der Waals surface area contributed by atoms with Gasteiger partial charge in [-0.25, -0.2) is 4.98 Å². The molecule has 0 radical (unpaired) electrons. The van der Waals surface area contributed by atoms with Crippen LogP contribution in [0.5, 0.6) is 0 Å². The zero-order valence-electron chi connectivity index (χ0n) is 33.2. The average molecular weight is 766 g/mol. The van der Waals surface area contributed by atoms with Crippen LogP contribution in [0.1, 0.15) is 91.1 Å². The van der Waals surface area contributed by atoms with Crippen LogP contribution in [0.15, 0.2) is 65.9 Å². The molecule has 0 aliphatic carbocycles. The number of benzene rings is 2. The molecule has 2 fully saturated rings. The molecular formula is C43H55N7O6. The van der Waals surface area contributed by atoms with Crippen LogP contribution >= 0.6 is 0 Å². The molecule has 0 saturated carbocycles. The van der Waals surface area contributed by atoms with Crippen LogP contribution in [0.2, 0.25) is 0 Å². The normalized spacial score (nSPS) is 20.5. The number of amides is 4. The minimum absolute atomic E-state index is 0.123. The van der Waals surface area contributed by atoms with E-state index in [1.807, 2.05) is 23.2 Å². The fourth-order valence-electron chi connectivity index (χ4n) is 7.72. The van der Waals surface area contributed by atoms with E-state index in [9.17, 15) is 29.4 Å². The lowest BCUT2D eigenvalue weighted by molar-refractivity contribution is -0.140. The highest BCUT2D eigenvalue weighted by Gasteiger charge is 2.37. The lowest BCUT2D eigenvalue weighted by atomic mass is 9.96. The van der Waals surface area contributed by atoms with Crippen LogP contribution in [-0.2, 0) is 19.2 Å². The number of hydrogen-bond acceptors (Lipinski definition) is 8. The van der Waals surface area contributed by atoms with Crippen LogP contribution in [0.4, 0.5) is 0 Å². The smallest absolute Gasteiger partial charge is 0.249 e. The van der Waals surface area contributed by atoms with E-state index in [4.69, 9.17) is 4.99 Å². The summed E-state index contributed by atoms with van der Waals surface area (Å²) in [5, 5.41) is 25.5. The highest BCUT2D eigenvalue weighted by molar-refractivity contribution is 6.04. The first-order valence-corrected chi connectivity index (χ1v) is 19.8. The third-order valence-electron chi connectivity index (χ3n) is 11.2. The largest absolute Gasteiger partial charge is 0.383 e. The number of allylic oxidation sites excluding steroid dienone is 1. The standard InChI is InChI=1S/C43H55N7O6/c1-24(2)37(51)40(53)46-26(5)42(55)49-19-7-9-35(49)33-21-32(22-44-33)30-13-11-28(12-14-30)29-15-17-31(18-16-29)34-23-45-39(48-34)36-10-8-20-50(36)43(56)27(6)47-41(54)38(52)25(3)4/h11-18,22-27,35-38,51-52H,7-10,19-21H2,1-6H3,(H,45,48)(H,46,53)(H,47,54)/t26-,27-,35-,36-,37+,38+/m0/s1. The number of carbonyl (C=O) groups excluding carboxylic acids is 4. The number of aliphatic imine (C=N–C) groups is 1. The summed E-state index contributed by atoms with van der Waals surface area (Å²) < 4.78 is 0. The minimum Gasteiger partial charge on any atom is -0.383 e. The van der Waals surface area contributed by atoms with Gasteiger partial charge in [-0.3, -0.25) is 24.2 Å². The number of aromatic amines is 1. The van der Waals surface area contributed by atoms with E-state index in [0.29, 0.717) is 25.3 Å². The summed E-state index contributed by atoms with van der Waals surface area (Å²) in [6.45, 7) is 11.5. The van der Waals surface area contributed by atoms with Gasteiger partial charge in [0, 0.05) is 31.4 Å². The fourth-order valence-corrected chi connectivity index (χ4v) is 7.72. The summed E-state index contributed by atoms with van der Waals surface area (Å²) in [5.74, 6) is -1.24. The number of imidazole rings is 1. The first-order chi connectivity index (χ1) is 26.7. The van der Waals surface area contributed by atoms with Gasteiger partial charge in [-0.05, 0) is 79.2 Å².